The topological polar surface area (TPSA) is 82.0 Å². The summed E-state index contributed by atoms with van der Waals surface area (Å²) in [6.45, 7) is 6.53. The molecule has 1 aromatic carbocycles. The van der Waals surface area contributed by atoms with Crippen molar-refractivity contribution in [1.82, 2.24) is 14.5 Å². The number of aromatic nitrogens is 2. The van der Waals surface area contributed by atoms with Gasteiger partial charge >= 0.3 is 5.69 Å². The average molecular weight is 327 g/mol. The maximum Gasteiger partial charge on any atom is 0.329 e. The molecule has 6 nitrogen and oxygen atoms in total. The molecule has 0 saturated carbocycles. The minimum atomic E-state index is -0.474. The van der Waals surface area contributed by atoms with Gasteiger partial charge in [0.05, 0.1) is 11.0 Å². The minimum Gasteiger partial charge on any atom is -0.353 e. The summed E-state index contributed by atoms with van der Waals surface area (Å²) < 4.78 is 3.16. The van der Waals surface area contributed by atoms with E-state index in [1.807, 2.05) is 45.0 Å². The first-order valence-corrected chi connectivity index (χ1v) is 7.07. The average Bonchev–Trinajstić information content (AvgIpc) is 2.68. The van der Waals surface area contributed by atoms with E-state index in [2.05, 4.69) is 5.32 Å². The molecule has 1 aromatic heterocycles. The van der Waals surface area contributed by atoms with Crippen LogP contribution in [0.3, 0.4) is 0 Å². The first kappa shape index (κ1) is 18.3. The van der Waals surface area contributed by atoms with Gasteiger partial charge in [-0.25, -0.2) is 4.79 Å². The Balaban J connectivity index is 0.00000242. The van der Waals surface area contributed by atoms with Crippen molar-refractivity contribution in [1.29, 1.82) is 0 Å². The van der Waals surface area contributed by atoms with Gasteiger partial charge in [-0.3, -0.25) is 13.9 Å². The van der Waals surface area contributed by atoms with Crippen LogP contribution in [0.15, 0.2) is 29.1 Å². The Morgan fingerprint density at radius 3 is 2.27 bits per heavy atom. The van der Waals surface area contributed by atoms with Crippen LogP contribution in [0.1, 0.15) is 20.8 Å². The number of amides is 1. The molecule has 2 aromatic rings. The van der Waals surface area contributed by atoms with Crippen LogP contribution in [-0.4, -0.2) is 27.1 Å². The van der Waals surface area contributed by atoms with Crippen LogP contribution >= 0.6 is 12.4 Å². The number of fused-ring (bicyclic) bond motifs is 1. The zero-order valence-electron chi connectivity index (χ0n) is 13.1. The quantitative estimate of drug-likeness (QED) is 0.863. The standard InChI is InChI=1S/C15H22N4O2.ClH/c1-4-18-11-7-5-6-8-12(11)19(14(18)21)9-13(20)17-10-15(2,3)16;/h5-8H,4,9-10,16H2,1-3H3,(H,17,20);1H. The van der Waals surface area contributed by atoms with Crippen molar-refractivity contribution in [2.24, 2.45) is 5.73 Å². The number of aryl methyl sites for hydroxylation is 1. The summed E-state index contributed by atoms with van der Waals surface area (Å²) in [4.78, 5) is 24.4. The van der Waals surface area contributed by atoms with Crippen molar-refractivity contribution in [3.63, 3.8) is 0 Å². The van der Waals surface area contributed by atoms with Gasteiger partial charge in [0, 0.05) is 18.6 Å². The summed E-state index contributed by atoms with van der Waals surface area (Å²) in [5.74, 6) is -0.213. The molecule has 0 aliphatic carbocycles. The third-order valence-electron chi connectivity index (χ3n) is 3.28. The van der Waals surface area contributed by atoms with Gasteiger partial charge in [0.15, 0.2) is 0 Å². The molecule has 2 rings (SSSR count). The van der Waals surface area contributed by atoms with Crippen molar-refractivity contribution >= 4 is 29.3 Å². The monoisotopic (exact) mass is 326 g/mol. The molecule has 3 N–H and O–H groups in total. The molecule has 0 radical (unpaired) electrons. The van der Waals surface area contributed by atoms with Gasteiger partial charge in [-0.1, -0.05) is 12.1 Å². The normalized spacial score (nSPS) is 11.3. The number of carbonyl (C=O) groups is 1. The van der Waals surface area contributed by atoms with Crippen LogP contribution in [0.5, 0.6) is 0 Å². The number of halogens is 1. The molecule has 0 atom stereocenters. The van der Waals surface area contributed by atoms with Crippen molar-refractivity contribution < 1.29 is 4.79 Å². The molecule has 0 aliphatic rings. The van der Waals surface area contributed by atoms with Gasteiger partial charge < -0.3 is 11.1 Å². The zero-order valence-corrected chi connectivity index (χ0v) is 13.9. The molecule has 0 bridgehead atoms. The van der Waals surface area contributed by atoms with E-state index >= 15 is 0 Å². The Bertz CT molecular complexity index is 712. The summed E-state index contributed by atoms with van der Waals surface area (Å²) in [6.07, 6.45) is 0. The Morgan fingerprint density at radius 1 is 1.23 bits per heavy atom. The second-order valence-electron chi connectivity index (χ2n) is 5.87. The Labute approximate surface area is 135 Å². The van der Waals surface area contributed by atoms with E-state index in [-0.39, 0.29) is 30.5 Å². The third kappa shape index (κ3) is 3.90. The minimum absolute atomic E-state index is 0. The number of hydrogen-bond acceptors (Lipinski definition) is 3. The number of carbonyl (C=O) groups excluding carboxylic acids is 1. The Morgan fingerprint density at radius 2 is 1.77 bits per heavy atom. The van der Waals surface area contributed by atoms with E-state index < -0.39 is 5.54 Å². The first-order valence-electron chi connectivity index (χ1n) is 7.07. The van der Waals surface area contributed by atoms with E-state index in [1.165, 1.54) is 4.57 Å². The number of imidazole rings is 1. The highest BCUT2D eigenvalue weighted by Gasteiger charge is 2.16. The van der Waals surface area contributed by atoms with Crippen molar-refractivity contribution in [3.8, 4) is 0 Å². The van der Waals surface area contributed by atoms with Gasteiger partial charge in [-0.2, -0.15) is 0 Å². The maximum absolute atomic E-state index is 12.4. The van der Waals surface area contributed by atoms with Gasteiger partial charge in [0.25, 0.3) is 0 Å². The first-order chi connectivity index (χ1) is 9.83. The van der Waals surface area contributed by atoms with Crippen molar-refractivity contribution in [3.05, 3.63) is 34.7 Å². The molecular formula is C15H23ClN4O2. The van der Waals surface area contributed by atoms with Gasteiger partial charge in [0.2, 0.25) is 5.91 Å². The van der Waals surface area contributed by atoms with Gasteiger partial charge in [0.1, 0.15) is 6.54 Å². The van der Waals surface area contributed by atoms with Crippen LogP contribution in [0, 0.1) is 0 Å². The van der Waals surface area contributed by atoms with Crippen molar-refractivity contribution in [2.45, 2.75) is 39.4 Å². The second kappa shape index (κ2) is 6.98. The molecule has 0 unspecified atom stereocenters. The summed E-state index contributed by atoms with van der Waals surface area (Å²) >= 11 is 0. The molecular weight excluding hydrogens is 304 g/mol. The smallest absolute Gasteiger partial charge is 0.329 e. The maximum atomic E-state index is 12.4. The van der Waals surface area contributed by atoms with E-state index in [0.29, 0.717) is 13.1 Å². The summed E-state index contributed by atoms with van der Waals surface area (Å²) in [5.41, 5.74) is 6.81. The number of nitrogens with zero attached hydrogens (tertiary/aromatic N) is 2. The Hall–Kier alpha value is -1.79. The van der Waals surface area contributed by atoms with Crippen LogP contribution in [0.2, 0.25) is 0 Å². The molecule has 0 spiro atoms. The highest BCUT2D eigenvalue weighted by molar-refractivity contribution is 5.85. The molecule has 0 saturated heterocycles. The van der Waals surface area contributed by atoms with Crippen LogP contribution < -0.4 is 16.7 Å². The lowest BCUT2D eigenvalue weighted by atomic mass is 10.1. The lowest BCUT2D eigenvalue weighted by Gasteiger charge is -2.18. The summed E-state index contributed by atoms with van der Waals surface area (Å²) in [7, 11) is 0. The van der Waals surface area contributed by atoms with Crippen LogP contribution in [0.25, 0.3) is 11.0 Å². The van der Waals surface area contributed by atoms with Crippen molar-refractivity contribution in [2.75, 3.05) is 6.54 Å². The molecule has 0 aliphatic heterocycles. The predicted octanol–water partition coefficient (Wildman–Crippen LogP) is 1.10. The number of para-hydroxylation sites is 2. The van der Waals surface area contributed by atoms with E-state index in [0.717, 1.165) is 11.0 Å². The molecule has 0 fully saturated rings. The fourth-order valence-electron chi connectivity index (χ4n) is 2.26. The summed E-state index contributed by atoms with van der Waals surface area (Å²) in [5, 5.41) is 2.76. The zero-order chi connectivity index (χ0) is 15.6. The molecule has 1 heterocycles. The summed E-state index contributed by atoms with van der Waals surface area (Å²) in [6, 6.07) is 7.48. The molecule has 122 valence electrons. The SMILES string of the molecule is CCn1c(=O)n(CC(=O)NCC(C)(C)N)c2ccccc21.Cl. The molecule has 1 amide bonds. The number of benzene rings is 1. The van der Waals surface area contributed by atoms with Gasteiger partial charge in [-0.15, -0.1) is 12.4 Å². The lowest BCUT2D eigenvalue weighted by molar-refractivity contribution is -0.121. The number of rotatable bonds is 5. The van der Waals surface area contributed by atoms with E-state index in [4.69, 9.17) is 5.73 Å². The fraction of sp³-hybridized carbons (Fsp3) is 0.467. The van der Waals surface area contributed by atoms with Crippen LogP contribution in [0.4, 0.5) is 0 Å². The second-order valence-corrected chi connectivity index (χ2v) is 5.87. The number of nitrogens with two attached hydrogens (primary N) is 1. The molecule has 22 heavy (non-hydrogen) atoms. The van der Waals surface area contributed by atoms with Crippen LogP contribution in [-0.2, 0) is 17.9 Å². The molecule has 7 heteroatoms. The van der Waals surface area contributed by atoms with E-state index in [1.54, 1.807) is 4.57 Å². The highest BCUT2D eigenvalue weighted by atomic mass is 35.5. The predicted molar refractivity (Wildman–Crippen MR) is 90.4 cm³/mol. The Kier molecular flexibility index (Phi) is 5.79. The van der Waals surface area contributed by atoms with E-state index in [9.17, 15) is 9.59 Å². The lowest BCUT2D eigenvalue weighted by Crippen LogP contribution is -2.46. The highest BCUT2D eigenvalue weighted by Crippen LogP contribution is 2.12. The van der Waals surface area contributed by atoms with Gasteiger partial charge in [-0.05, 0) is 32.9 Å². The fourth-order valence-corrected chi connectivity index (χ4v) is 2.26. The number of hydrogen-bond donors (Lipinski definition) is 2. The number of nitrogens with one attached hydrogen (secondary N) is 1. The third-order valence-corrected chi connectivity index (χ3v) is 3.28. The largest absolute Gasteiger partial charge is 0.353 e.